The topological polar surface area (TPSA) is 101 Å². The van der Waals surface area contributed by atoms with Crippen molar-refractivity contribution in [3.05, 3.63) is 36.5 Å². The SMILES string of the molecule is Nc1ccccc1NS(=O)(=O)c1ccn[nH]1. The van der Waals surface area contributed by atoms with Crippen LogP contribution < -0.4 is 10.5 Å². The molecule has 0 unspecified atom stereocenters. The summed E-state index contributed by atoms with van der Waals surface area (Å²) in [7, 11) is -3.64. The molecule has 2 rings (SSSR count). The van der Waals surface area contributed by atoms with E-state index in [0.717, 1.165) is 0 Å². The van der Waals surface area contributed by atoms with Crippen LogP contribution in [0, 0.1) is 0 Å². The number of hydrogen-bond acceptors (Lipinski definition) is 4. The molecule has 7 heteroatoms. The number of benzene rings is 1. The van der Waals surface area contributed by atoms with Gasteiger partial charge in [0.2, 0.25) is 0 Å². The van der Waals surface area contributed by atoms with Gasteiger partial charge in [-0.3, -0.25) is 9.82 Å². The van der Waals surface area contributed by atoms with Gasteiger partial charge in [-0.05, 0) is 18.2 Å². The molecule has 0 amide bonds. The van der Waals surface area contributed by atoms with Gasteiger partial charge >= 0.3 is 0 Å². The van der Waals surface area contributed by atoms with Gasteiger partial charge in [-0.2, -0.15) is 13.5 Å². The predicted octanol–water partition coefficient (Wildman–Crippen LogP) is 0.793. The Balaban J connectivity index is 2.33. The minimum absolute atomic E-state index is 0.00393. The summed E-state index contributed by atoms with van der Waals surface area (Å²) in [6.45, 7) is 0. The van der Waals surface area contributed by atoms with E-state index in [1.54, 1.807) is 24.3 Å². The van der Waals surface area contributed by atoms with Gasteiger partial charge in [0.05, 0.1) is 17.6 Å². The molecule has 0 bridgehead atoms. The maximum atomic E-state index is 11.8. The first-order chi connectivity index (χ1) is 7.59. The standard InChI is InChI=1S/C9H10N4O2S/c10-7-3-1-2-4-8(7)13-16(14,15)9-5-6-11-12-9/h1-6,13H,10H2,(H,11,12). The third kappa shape index (κ3) is 1.98. The van der Waals surface area contributed by atoms with Crippen LogP contribution in [0.5, 0.6) is 0 Å². The first-order valence-electron chi connectivity index (χ1n) is 4.46. The quantitative estimate of drug-likeness (QED) is 0.688. The Bertz CT molecular complexity index is 577. The van der Waals surface area contributed by atoms with Crippen LogP contribution in [0.2, 0.25) is 0 Å². The molecule has 6 nitrogen and oxygen atoms in total. The smallest absolute Gasteiger partial charge is 0.278 e. The summed E-state index contributed by atoms with van der Waals surface area (Å²) in [6.07, 6.45) is 1.36. The van der Waals surface area contributed by atoms with E-state index >= 15 is 0 Å². The number of para-hydroxylation sites is 2. The molecule has 4 N–H and O–H groups in total. The third-order valence-electron chi connectivity index (χ3n) is 1.97. The number of anilines is 2. The van der Waals surface area contributed by atoms with Gasteiger partial charge in [0.15, 0.2) is 5.03 Å². The molecule has 1 aromatic carbocycles. The van der Waals surface area contributed by atoms with Crippen molar-refractivity contribution < 1.29 is 8.42 Å². The lowest BCUT2D eigenvalue weighted by Gasteiger charge is -2.07. The molecular formula is C9H10N4O2S. The lowest BCUT2D eigenvalue weighted by molar-refractivity contribution is 0.597. The molecule has 0 spiro atoms. The summed E-state index contributed by atoms with van der Waals surface area (Å²) in [4.78, 5) is 0. The number of nitrogens with two attached hydrogens (primary N) is 1. The van der Waals surface area contributed by atoms with Crippen LogP contribution in [0.15, 0.2) is 41.6 Å². The Labute approximate surface area is 92.5 Å². The predicted molar refractivity (Wildman–Crippen MR) is 60.3 cm³/mol. The van der Waals surface area contributed by atoms with Gasteiger partial charge in [0.1, 0.15) is 0 Å². The average Bonchev–Trinajstić information content (AvgIpc) is 2.75. The second-order valence-electron chi connectivity index (χ2n) is 3.11. The van der Waals surface area contributed by atoms with Crippen LogP contribution in [-0.4, -0.2) is 18.6 Å². The summed E-state index contributed by atoms with van der Waals surface area (Å²) in [5, 5.41) is 5.95. The van der Waals surface area contributed by atoms with E-state index in [0.29, 0.717) is 11.4 Å². The summed E-state index contributed by atoms with van der Waals surface area (Å²) in [6, 6.07) is 7.99. The van der Waals surface area contributed by atoms with Crippen molar-refractivity contribution in [3.63, 3.8) is 0 Å². The largest absolute Gasteiger partial charge is 0.397 e. The highest BCUT2D eigenvalue weighted by Crippen LogP contribution is 2.20. The Hall–Kier alpha value is -2.02. The minimum Gasteiger partial charge on any atom is -0.397 e. The number of rotatable bonds is 3. The summed E-state index contributed by atoms with van der Waals surface area (Å²) >= 11 is 0. The highest BCUT2D eigenvalue weighted by atomic mass is 32.2. The maximum absolute atomic E-state index is 11.8. The minimum atomic E-state index is -3.64. The molecule has 0 atom stereocenters. The van der Waals surface area contributed by atoms with E-state index in [2.05, 4.69) is 14.9 Å². The Morgan fingerprint density at radius 1 is 1.25 bits per heavy atom. The zero-order valence-corrected chi connectivity index (χ0v) is 9.03. The van der Waals surface area contributed by atoms with E-state index in [4.69, 9.17) is 5.73 Å². The summed E-state index contributed by atoms with van der Waals surface area (Å²) in [5.41, 5.74) is 6.34. The number of sulfonamides is 1. The monoisotopic (exact) mass is 238 g/mol. The number of aromatic amines is 1. The normalized spacial score (nSPS) is 11.2. The summed E-state index contributed by atoms with van der Waals surface area (Å²) < 4.78 is 25.9. The molecule has 84 valence electrons. The lowest BCUT2D eigenvalue weighted by atomic mass is 10.3. The second kappa shape index (κ2) is 3.86. The van der Waals surface area contributed by atoms with Gasteiger partial charge in [-0.15, -0.1) is 0 Å². The first kappa shape index (κ1) is 10.5. The Kier molecular flexibility index (Phi) is 2.53. The van der Waals surface area contributed by atoms with Crippen molar-refractivity contribution in [1.29, 1.82) is 0 Å². The van der Waals surface area contributed by atoms with Crippen LogP contribution in [0.25, 0.3) is 0 Å². The highest BCUT2D eigenvalue weighted by molar-refractivity contribution is 7.92. The van der Waals surface area contributed by atoms with E-state index in [1.807, 2.05) is 0 Å². The molecule has 0 saturated carbocycles. The zero-order chi connectivity index (χ0) is 11.6. The molecule has 16 heavy (non-hydrogen) atoms. The zero-order valence-electron chi connectivity index (χ0n) is 8.21. The van der Waals surface area contributed by atoms with Gasteiger partial charge in [0, 0.05) is 0 Å². The fourth-order valence-corrected chi connectivity index (χ4v) is 2.18. The van der Waals surface area contributed by atoms with Gasteiger partial charge < -0.3 is 5.73 Å². The Morgan fingerprint density at radius 3 is 2.62 bits per heavy atom. The fourth-order valence-electron chi connectivity index (χ4n) is 1.18. The van der Waals surface area contributed by atoms with Crippen molar-refractivity contribution in [2.75, 3.05) is 10.5 Å². The maximum Gasteiger partial charge on any atom is 0.278 e. The van der Waals surface area contributed by atoms with Crippen LogP contribution in [0.1, 0.15) is 0 Å². The van der Waals surface area contributed by atoms with E-state index < -0.39 is 10.0 Å². The molecule has 0 aliphatic heterocycles. The molecule has 0 aliphatic rings. The fraction of sp³-hybridized carbons (Fsp3) is 0. The molecule has 0 aliphatic carbocycles. The van der Waals surface area contributed by atoms with Gasteiger partial charge in [-0.1, -0.05) is 12.1 Å². The molecule has 1 heterocycles. The third-order valence-corrected chi connectivity index (χ3v) is 3.26. The first-order valence-corrected chi connectivity index (χ1v) is 5.94. The Morgan fingerprint density at radius 2 is 2.00 bits per heavy atom. The summed E-state index contributed by atoms with van der Waals surface area (Å²) in [5.74, 6) is 0. The van der Waals surface area contributed by atoms with Crippen LogP contribution >= 0.6 is 0 Å². The van der Waals surface area contributed by atoms with E-state index in [9.17, 15) is 8.42 Å². The molecule has 2 aromatic rings. The number of H-pyrrole nitrogens is 1. The van der Waals surface area contributed by atoms with E-state index in [-0.39, 0.29) is 5.03 Å². The molecular weight excluding hydrogens is 228 g/mol. The lowest BCUT2D eigenvalue weighted by Crippen LogP contribution is -2.14. The molecule has 1 aromatic heterocycles. The van der Waals surface area contributed by atoms with Gasteiger partial charge in [-0.25, -0.2) is 0 Å². The highest BCUT2D eigenvalue weighted by Gasteiger charge is 2.16. The van der Waals surface area contributed by atoms with Crippen molar-refractivity contribution in [2.24, 2.45) is 0 Å². The average molecular weight is 238 g/mol. The molecule has 0 fully saturated rings. The number of hydrogen-bond donors (Lipinski definition) is 3. The second-order valence-corrected chi connectivity index (χ2v) is 4.76. The van der Waals surface area contributed by atoms with Crippen molar-refractivity contribution >= 4 is 21.4 Å². The van der Waals surface area contributed by atoms with Gasteiger partial charge in [0.25, 0.3) is 10.0 Å². The molecule has 0 radical (unpaired) electrons. The van der Waals surface area contributed by atoms with Crippen molar-refractivity contribution in [2.45, 2.75) is 5.03 Å². The number of nitrogen functional groups attached to an aromatic ring is 1. The number of aromatic nitrogens is 2. The van der Waals surface area contributed by atoms with Crippen LogP contribution in [-0.2, 0) is 10.0 Å². The molecule has 0 saturated heterocycles. The van der Waals surface area contributed by atoms with Crippen LogP contribution in [0.3, 0.4) is 0 Å². The van der Waals surface area contributed by atoms with E-state index in [1.165, 1.54) is 12.3 Å². The van der Waals surface area contributed by atoms with Crippen LogP contribution in [0.4, 0.5) is 11.4 Å². The van der Waals surface area contributed by atoms with Crippen molar-refractivity contribution in [1.82, 2.24) is 10.2 Å². The number of nitrogens with zero attached hydrogens (tertiary/aromatic N) is 1. The number of nitrogens with one attached hydrogen (secondary N) is 2. The van der Waals surface area contributed by atoms with Crippen molar-refractivity contribution in [3.8, 4) is 0 Å².